The molecule has 1 unspecified atom stereocenters. The van der Waals surface area contributed by atoms with Gasteiger partial charge in [0.25, 0.3) is 0 Å². The zero-order valence-electron chi connectivity index (χ0n) is 17.4. The molecule has 30 heavy (non-hydrogen) atoms. The van der Waals surface area contributed by atoms with Crippen LogP contribution < -0.4 is 10.6 Å². The first-order chi connectivity index (χ1) is 14.2. The van der Waals surface area contributed by atoms with Crippen molar-refractivity contribution < 1.29 is 13.9 Å². The van der Waals surface area contributed by atoms with E-state index in [-0.39, 0.29) is 36.6 Å². The van der Waals surface area contributed by atoms with Crippen LogP contribution in [0.5, 0.6) is 0 Å². The second-order valence-electron chi connectivity index (χ2n) is 7.29. The van der Waals surface area contributed by atoms with Gasteiger partial charge in [0.15, 0.2) is 5.96 Å². The molecule has 1 saturated heterocycles. The van der Waals surface area contributed by atoms with Crippen molar-refractivity contribution in [2.24, 2.45) is 4.99 Å². The van der Waals surface area contributed by atoms with E-state index in [2.05, 4.69) is 20.5 Å². The Morgan fingerprint density at radius 2 is 2.03 bits per heavy atom. The quantitative estimate of drug-likeness (QED) is 0.275. The smallest absolute Gasteiger partial charge is 0.191 e. The van der Waals surface area contributed by atoms with Crippen LogP contribution >= 0.6 is 24.0 Å². The number of aliphatic hydroxyl groups excluding tert-OH is 1. The number of likely N-dealkylation sites (tertiary alicyclic amines) is 1. The molecule has 2 aromatic rings. The third-order valence-electron chi connectivity index (χ3n) is 5.21. The van der Waals surface area contributed by atoms with Crippen molar-refractivity contribution in [2.45, 2.75) is 45.4 Å². The fourth-order valence-corrected chi connectivity index (χ4v) is 3.67. The van der Waals surface area contributed by atoms with Gasteiger partial charge in [-0.15, -0.1) is 24.0 Å². The van der Waals surface area contributed by atoms with E-state index < -0.39 is 5.82 Å². The van der Waals surface area contributed by atoms with E-state index in [1.165, 1.54) is 25.3 Å². The molecular weight excluding hydrogens is 498 g/mol. The van der Waals surface area contributed by atoms with Crippen LogP contribution in [0.4, 0.5) is 4.39 Å². The van der Waals surface area contributed by atoms with Crippen molar-refractivity contribution in [2.75, 3.05) is 26.2 Å². The zero-order chi connectivity index (χ0) is 20.5. The van der Waals surface area contributed by atoms with Gasteiger partial charge in [0.2, 0.25) is 0 Å². The summed E-state index contributed by atoms with van der Waals surface area (Å²) < 4.78 is 19.3. The van der Waals surface area contributed by atoms with Gasteiger partial charge >= 0.3 is 0 Å². The fourth-order valence-electron chi connectivity index (χ4n) is 3.67. The monoisotopic (exact) mass is 530 g/mol. The lowest BCUT2D eigenvalue weighted by Gasteiger charge is -2.33. The van der Waals surface area contributed by atoms with Crippen molar-refractivity contribution in [3.63, 3.8) is 0 Å². The number of hydrogen-bond donors (Lipinski definition) is 3. The first kappa shape index (κ1) is 24.6. The Balaban J connectivity index is 0.00000320. The van der Waals surface area contributed by atoms with E-state index in [4.69, 9.17) is 4.42 Å². The standard InChI is InChI=1S/C22H31FN4O2.HI/c1-2-24-22(25-14-17-8-9-19(23)18(13-17)16-28)26-15-20(21-7-6-12-29-21)27-10-4-3-5-11-27;/h6-9,12-13,20,28H,2-5,10-11,14-16H2,1H3,(H2,24,25,26);1H. The molecule has 166 valence electrons. The van der Waals surface area contributed by atoms with Gasteiger partial charge in [0.1, 0.15) is 11.6 Å². The first-order valence-corrected chi connectivity index (χ1v) is 10.4. The molecule has 0 aliphatic carbocycles. The summed E-state index contributed by atoms with van der Waals surface area (Å²) in [6.45, 7) is 5.67. The fraction of sp³-hybridized carbons (Fsp3) is 0.500. The SMILES string of the molecule is CCNC(=NCc1ccc(F)c(CO)c1)NCC(c1ccco1)N1CCCCC1.I. The van der Waals surface area contributed by atoms with Gasteiger partial charge in [0, 0.05) is 18.7 Å². The van der Waals surface area contributed by atoms with Crippen molar-refractivity contribution in [3.8, 4) is 0 Å². The second kappa shape index (κ2) is 12.9. The number of guanidine groups is 1. The van der Waals surface area contributed by atoms with Crippen LogP contribution in [-0.4, -0.2) is 42.1 Å². The molecule has 8 heteroatoms. The van der Waals surface area contributed by atoms with Gasteiger partial charge in [-0.2, -0.15) is 0 Å². The van der Waals surface area contributed by atoms with Crippen molar-refractivity contribution in [1.29, 1.82) is 0 Å². The van der Waals surface area contributed by atoms with Gasteiger partial charge in [-0.25, -0.2) is 9.38 Å². The van der Waals surface area contributed by atoms with Gasteiger partial charge in [0.05, 0.1) is 25.5 Å². The van der Waals surface area contributed by atoms with Gasteiger partial charge in [-0.05, 0) is 62.7 Å². The number of hydrogen-bond acceptors (Lipinski definition) is 4. The average molecular weight is 530 g/mol. The molecule has 0 amide bonds. The lowest BCUT2D eigenvalue weighted by atomic mass is 10.1. The zero-order valence-corrected chi connectivity index (χ0v) is 19.8. The molecule has 1 aromatic heterocycles. The molecular formula is C22H32FIN4O2. The number of halogens is 2. The Bertz CT molecular complexity index is 779. The highest BCUT2D eigenvalue weighted by atomic mass is 127. The van der Waals surface area contributed by atoms with Gasteiger partial charge < -0.3 is 20.2 Å². The Kier molecular flexibility index (Phi) is 10.6. The maximum absolute atomic E-state index is 13.6. The van der Waals surface area contributed by atoms with Crippen LogP contribution in [0.25, 0.3) is 0 Å². The highest BCUT2D eigenvalue weighted by Crippen LogP contribution is 2.24. The molecule has 1 atom stereocenters. The van der Waals surface area contributed by atoms with Crippen LogP contribution in [-0.2, 0) is 13.2 Å². The molecule has 1 aliphatic rings. The van der Waals surface area contributed by atoms with Gasteiger partial charge in [-0.3, -0.25) is 4.90 Å². The second-order valence-corrected chi connectivity index (χ2v) is 7.29. The molecule has 0 radical (unpaired) electrons. The van der Waals surface area contributed by atoms with Crippen LogP contribution in [0.3, 0.4) is 0 Å². The number of rotatable bonds is 8. The number of benzene rings is 1. The Hall–Kier alpha value is -1.65. The topological polar surface area (TPSA) is 73.0 Å². The lowest BCUT2D eigenvalue weighted by molar-refractivity contribution is 0.146. The summed E-state index contributed by atoms with van der Waals surface area (Å²) in [4.78, 5) is 7.09. The third-order valence-corrected chi connectivity index (χ3v) is 5.21. The number of nitrogens with zero attached hydrogens (tertiary/aromatic N) is 2. The van der Waals surface area contributed by atoms with E-state index in [9.17, 15) is 9.50 Å². The third kappa shape index (κ3) is 6.95. The Morgan fingerprint density at radius 1 is 1.23 bits per heavy atom. The molecule has 6 nitrogen and oxygen atoms in total. The summed E-state index contributed by atoms with van der Waals surface area (Å²) in [6, 6.07) is 8.84. The maximum Gasteiger partial charge on any atom is 0.191 e. The molecule has 1 aromatic carbocycles. The van der Waals surface area contributed by atoms with E-state index in [0.29, 0.717) is 24.6 Å². The van der Waals surface area contributed by atoms with Crippen LogP contribution in [0.15, 0.2) is 46.0 Å². The van der Waals surface area contributed by atoms with Crippen LogP contribution in [0, 0.1) is 5.82 Å². The number of piperidine rings is 1. The number of nitrogens with one attached hydrogen (secondary N) is 2. The predicted molar refractivity (Wildman–Crippen MR) is 127 cm³/mol. The van der Waals surface area contributed by atoms with Gasteiger partial charge in [-0.1, -0.05) is 12.5 Å². The Morgan fingerprint density at radius 3 is 2.70 bits per heavy atom. The predicted octanol–water partition coefficient (Wildman–Crippen LogP) is 3.81. The summed E-state index contributed by atoms with van der Waals surface area (Å²) in [5.41, 5.74) is 1.14. The summed E-state index contributed by atoms with van der Waals surface area (Å²) in [5.74, 6) is 1.27. The van der Waals surface area contributed by atoms with Crippen molar-refractivity contribution in [1.82, 2.24) is 15.5 Å². The molecule has 1 aliphatic heterocycles. The largest absolute Gasteiger partial charge is 0.468 e. The number of aliphatic imine (C=N–C) groups is 1. The minimum atomic E-state index is -0.395. The minimum Gasteiger partial charge on any atom is -0.468 e. The maximum atomic E-state index is 13.6. The Labute approximate surface area is 195 Å². The van der Waals surface area contributed by atoms with E-state index in [1.807, 2.05) is 19.1 Å². The van der Waals surface area contributed by atoms with Crippen molar-refractivity contribution in [3.05, 3.63) is 59.3 Å². The summed E-state index contributed by atoms with van der Waals surface area (Å²) in [7, 11) is 0. The summed E-state index contributed by atoms with van der Waals surface area (Å²) in [6.07, 6.45) is 5.43. The number of furan rings is 1. The molecule has 0 spiro atoms. The molecule has 0 bridgehead atoms. The molecule has 0 saturated carbocycles. The van der Waals surface area contributed by atoms with Crippen LogP contribution in [0.1, 0.15) is 49.1 Å². The lowest BCUT2D eigenvalue weighted by Crippen LogP contribution is -2.44. The highest BCUT2D eigenvalue weighted by Gasteiger charge is 2.24. The van der Waals surface area contributed by atoms with Crippen molar-refractivity contribution >= 4 is 29.9 Å². The molecule has 3 rings (SSSR count). The van der Waals surface area contributed by atoms with E-state index in [0.717, 1.165) is 31.0 Å². The van der Waals surface area contributed by atoms with E-state index in [1.54, 1.807) is 18.4 Å². The van der Waals surface area contributed by atoms with Crippen LogP contribution in [0.2, 0.25) is 0 Å². The van der Waals surface area contributed by atoms with E-state index >= 15 is 0 Å². The molecule has 3 N–H and O–H groups in total. The highest BCUT2D eigenvalue weighted by molar-refractivity contribution is 14.0. The summed E-state index contributed by atoms with van der Waals surface area (Å²) >= 11 is 0. The first-order valence-electron chi connectivity index (χ1n) is 10.4. The minimum absolute atomic E-state index is 0. The number of aliphatic hydroxyl groups is 1. The normalized spacial score (nSPS) is 16.0. The summed E-state index contributed by atoms with van der Waals surface area (Å²) in [5, 5.41) is 15.9. The molecule has 1 fully saturated rings. The average Bonchev–Trinajstić information content (AvgIpc) is 3.28. The molecule has 2 heterocycles.